The van der Waals surface area contributed by atoms with Crippen LogP contribution in [0.25, 0.3) is 39.1 Å². The molecule has 0 spiro atoms. The number of aromatic nitrogens is 4. The van der Waals surface area contributed by atoms with E-state index in [0.29, 0.717) is 12.8 Å². The molecule has 3 heterocycles. The maximum atomic E-state index is 9.78. The van der Waals surface area contributed by atoms with Gasteiger partial charge in [0.2, 0.25) is 0 Å². The van der Waals surface area contributed by atoms with Crippen LogP contribution in [0, 0.1) is 0 Å². The van der Waals surface area contributed by atoms with Crippen LogP contribution in [0.4, 0.5) is 0 Å². The molecule has 1 aliphatic rings. The second-order valence-electron chi connectivity index (χ2n) is 10.8. The van der Waals surface area contributed by atoms with E-state index in [1.54, 1.807) is 0 Å². The number of aliphatic hydroxyl groups excluding tert-OH is 1. The van der Waals surface area contributed by atoms with Crippen LogP contribution < -0.4 is 5.73 Å². The van der Waals surface area contributed by atoms with Crippen LogP contribution in [0.1, 0.15) is 44.9 Å². The predicted molar refractivity (Wildman–Crippen MR) is 139 cm³/mol. The molecule has 5 aromatic rings. The third-order valence-corrected chi connectivity index (χ3v) is 7.04. The van der Waals surface area contributed by atoms with Gasteiger partial charge in [0, 0.05) is 39.7 Å². The summed E-state index contributed by atoms with van der Waals surface area (Å²) in [5.41, 5.74) is 13.6. The highest BCUT2D eigenvalue weighted by Crippen LogP contribution is 2.40. The highest BCUT2D eigenvalue weighted by atomic mass is 16.3. The number of fused-ring (bicyclic) bond motifs is 3. The van der Waals surface area contributed by atoms with Crippen molar-refractivity contribution in [2.24, 2.45) is 5.73 Å². The summed E-state index contributed by atoms with van der Waals surface area (Å²) in [6, 6.07) is 22.8. The van der Waals surface area contributed by atoms with Gasteiger partial charge in [-0.1, -0.05) is 75.4 Å². The molecule has 3 aromatic heterocycles. The van der Waals surface area contributed by atoms with Crippen molar-refractivity contribution in [2.45, 2.75) is 50.7 Å². The Morgan fingerprint density at radius 3 is 2.34 bits per heavy atom. The number of rotatable bonds is 3. The van der Waals surface area contributed by atoms with Crippen molar-refractivity contribution in [3.8, 4) is 22.4 Å². The molecule has 2 aromatic carbocycles. The summed E-state index contributed by atoms with van der Waals surface area (Å²) in [4.78, 5) is 9.84. The molecule has 6 rings (SSSR count). The third kappa shape index (κ3) is 3.70. The van der Waals surface area contributed by atoms with Gasteiger partial charge in [-0.3, -0.25) is 0 Å². The van der Waals surface area contributed by atoms with Crippen LogP contribution in [-0.4, -0.2) is 30.8 Å². The van der Waals surface area contributed by atoms with E-state index in [0.717, 1.165) is 50.3 Å². The van der Waals surface area contributed by atoms with Gasteiger partial charge >= 0.3 is 0 Å². The van der Waals surface area contributed by atoms with E-state index in [1.807, 2.05) is 35.0 Å². The van der Waals surface area contributed by atoms with E-state index in [1.165, 1.54) is 0 Å². The molecule has 0 radical (unpaired) electrons. The Kier molecular flexibility index (Phi) is 4.82. The van der Waals surface area contributed by atoms with E-state index in [4.69, 9.17) is 15.8 Å². The van der Waals surface area contributed by atoms with Gasteiger partial charge in [-0.05, 0) is 30.0 Å². The third-order valence-electron chi connectivity index (χ3n) is 7.04. The van der Waals surface area contributed by atoms with Crippen molar-refractivity contribution in [2.75, 3.05) is 0 Å². The van der Waals surface area contributed by atoms with Crippen molar-refractivity contribution in [1.82, 2.24) is 19.6 Å². The molecule has 6 nitrogen and oxygen atoms in total. The maximum absolute atomic E-state index is 9.78. The molecule has 176 valence electrons. The van der Waals surface area contributed by atoms with Crippen molar-refractivity contribution < 1.29 is 5.11 Å². The van der Waals surface area contributed by atoms with Crippen molar-refractivity contribution in [1.29, 1.82) is 0 Å². The molecular formula is C29H29N5O. The Labute approximate surface area is 204 Å². The van der Waals surface area contributed by atoms with Crippen LogP contribution >= 0.6 is 0 Å². The molecule has 0 unspecified atom stereocenters. The van der Waals surface area contributed by atoms with Crippen LogP contribution in [0.2, 0.25) is 0 Å². The molecule has 1 aliphatic carbocycles. The number of nitrogens with two attached hydrogens (primary N) is 1. The quantitative estimate of drug-likeness (QED) is 0.383. The first-order valence-corrected chi connectivity index (χ1v) is 12.0. The molecule has 1 fully saturated rings. The molecule has 0 saturated heterocycles. The zero-order valence-electron chi connectivity index (χ0n) is 20.2. The van der Waals surface area contributed by atoms with Crippen molar-refractivity contribution in [3.05, 3.63) is 84.2 Å². The van der Waals surface area contributed by atoms with E-state index in [-0.39, 0.29) is 11.5 Å². The SMILES string of the molecule is CC(C)(C)c1cc2ncc3cc(-c4ccccc4)c(-c4ccc(C5(N)CC(O)C5)cc4)nc3n2n1. The molecule has 0 bridgehead atoms. The van der Waals surface area contributed by atoms with Gasteiger partial charge in [-0.15, -0.1) is 0 Å². The number of pyridine rings is 1. The first-order chi connectivity index (χ1) is 16.7. The molecule has 1 saturated carbocycles. The summed E-state index contributed by atoms with van der Waals surface area (Å²) in [5.74, 6) is 0. The molecule has 3 N–H and O–H groups in total. The summed E-state index contributed by atoms with van der Waals surface area (Å²) in [5, 5.41) is 15.6. The minimum absolute atomic E-state index is 0.0874. The first kappa shape index (κ1) is 21.9. The number of aliphatic hydroxyl groups is 1. The Morgan fingerprint density at radius 2 is 1.69 bits per heavy atom. The second-order valence-corrected chi connectivity index (χ2v) is 10.8. The molecule has 0 atom stereocenters. The molecule has 35 heavy (non-hydrogen) atoms. The molecule has 0 amide bonds. The standard InChI is InChI=1S/C29H29N5O/c1-28(2,3)24-14-25-31-17-20-13-23(18-7-5-4-6-8-18)26(32-27(20)34(25)33-24)19-9-11-21(12-10-19)29(30)15-22(35)16-29/h4-14,17,22,35H,15-16,30H2,1-3H3. The lowest BCUT2D eigenvalue weighted by Gasteiger charge is -2.42. The maximum Gasteiger partial charge on any atom is 0.165 e. The monoisotopic (exact) mass is 463 g/mol. The highest BCUT2D eigenvalue weighted by Gasteiger charge is 2.41. The molecule has 0 aliphatic heterocycles. The molecule has 6 heteroatoms. The van der Waals surface area contributed by atoms with E-state index < -0.39 is 5.54 Å². The Bertz CT molecular complexity index is 1540. The van der Waals surface area contributed by atoms with E-state index >= 15 is 0 Å². The van der Waals surface area contributed by atoms with Gasteiger partial charge in [-0.25, -0.2) is 9.97 Å². The molecular weight excluding hydrogens is 434 g/mol. The highest BCUT2D eigenvalue weighted by molar-refractivity contribution is 5.90. The van der Waals surface area contributed by atoms with E-state index in [2.05, 4.69) is 68.2 Å². The normalized spacial score (nSPS) is 20.3. The van der Waals surface area contributed by atoms with Gasteiger partial charge in [0.1, 0.15) is 0 Å². The lowest BCUT2D eigenvalue weighted by Crippen LogP contribution is -2.51. The number of nitrogens with zero attached hydrogens (tertiary/aromatic N) is 4. The Balaban J connectivity index is 1.55. The predicted octanol–water partition coefficient (Wildman–Crippen LogP) is 5.22. The smallest absolute Gasteiger partial charge is 0.165 e. The lowest BCUT2D eigenvalue weighted by atomic mass is 9.70. The Morgan fingerprint density at radius 1 is 0.971 bits per heavy atom. The summed E-state index contributed by atoms with van der Waals surface area (Å²) < 4.78 is 1.85. The number of hydrogen-bond acceptors (Lipinski definition) is 5. The average Bonchev–Trinajstić information content (AvgIpc) is 3.29. The van der Waals surface area contributed by atoms with Crippen LogP contribution in [-0.2, 0) is 11.0 Å². The fourth-order valence-corrected chi connectivity index (χ4v) is 4.94. The lowest BCUT2D eigenvalue weighted by molar-refractivity contribution is 0.0209. The van der Waals surface area contributed by atoms with Gasteiger partial charge in [0.15, 0.2) is 11.3 Å². The van der Waals surface area contributed by atoms with Gasteiger partial charge < -0.3 is 10.8 Å². The summed E-state index contributed by atoms with van der Waals surface area (Å²) in [6.45, 7) is 6.45. The van der Waals surface area contributed by atoms with Gasteiger partial charge in [0.05, 0.1) is 17.5 Å². The fourth-order valence-electron chi connectivity index (χ4n) is 4.94. The van der Waals surface area contributed by atoms with Gasteiger partial charge in [0.25, 0.3) is 0 Å². The zero-order chi connectivity index (χ0) is 24.4. The number of benzene rings is 2. The second kappa shape index (κ2) is 7.70. The fraction of sp³-hybridized carbons (Fsp3) is 0.276. The zero-order valence-corrected chi connectivity index (χ0v) is 20.2. The minimum atomic E-state index is -0.451. The first-order valence-electron chi connectivity index (χ1n) is 12.0. The summed E-state index contributed by atoms with van der Waals surface area (Å²) in [6.07, 6.45) is 2.76. The van der Waals surface area contributed by atoms with E-state index in [9.17, 15) is 5.11 Å². The average molecular weight is 464 g/mol. The number of hydrogen-bond donors (Lipinski definition) is 2. The summed E-state index contributed by atoms with van der Waals surface area (Å²) in [7, 11) is 0. The topological polar surface area (TPSA) is 89.3 Å². The van der Waals surface area contributed by atoms with Crippen molar-refractivity contribution >= 4 is 16.7 Å². The van der Waals surface area contributed by atoms with Gasteiger partial charge in [-0.2, -0.15) is 9.61 Å². The largest absolute Gasteiger partial charge is 0.393 e. The minimum Gasteiger partial charge on any atom is -0.393 e. The van der Waals surface area contributed by atoms with Crippen LogP contribution in [0.5, 0.6) is 0 Å². The van der Waals surface area contributed by atoms with Crippen LogP contribution in [0.3, 0.4) is 0 Å². The van der Waals surface area contributed by atoms with Crippen LogP contribution in [0.15, 0.2) is 72.9 Å². The summed E-state index contributed by atoms with van der Waals surface area (Å²) >= 11 is 0. The Hall–Kier alpha value is -3.61. The van der Waals surface area contributed by atoms with Crippen molar-refractivity contribution in [3.63, 3.8) is 0 Å².